The fourth-order valence-corrected chi connectivity index (χ4v) is 6.89. The van der Waals surface area contributed by atoms with Crippen molar-refractivity contribution in [1.29, 1.82) is 0 Å². The van der Waals surface area contributed by atoms with Crippen LogP contribution < -0.4 is 16.8 Å². The lowest BCUT2D eigenvalue weighted by atomic mass is 10.0. The zero-order valence-electron chi connectivity index (χ0n) is 23.7. The SMILES string of the molecule is Nc1ccnc(SC/C=C/C2=C(C(=O)O)N3C(=O)[C@@H](NC(=O)/C(=N/O[C@@H](C(=O)O)c4ccc(O)c(O)c4)c4csc(N)n4)[C@H]3SC2)n1. The third-order valence-electron chi connectivity index (χ3n) is 6.53. The molecule has 1 saturated heterocycles. The number of amides is 2. The van der Waals surface area contributed by atoms with Gasteiger partial charge in [0, 0.05) is 28.6 Å². The molecular weight excluding hydrogens is 677 g/mol. The summed E-state index contributed by atoms with van der Waals surface area (Å²) in [7, 11) is 0. The average molecular weight is 701 g/mol. The first-order chi connectivity index (χ1) is 22.4. The van der Waals surface area contributed by atoms with Gasteiger partial charge in [-0.05, 0) is 23.8 Å². The lowest BCUT2D eigenvalue weighted by Gasteiger charge is -2.49. The number of fused-ring (bicyclic) bond motifs is 1. The highest BCUT2D eigenvalue weighted by atomic mass is 32.2. The molecule has 3 aromatic rings. The number of nitrogens with zero attached hydrogens (tertiary/aromatic N) is 5. The van der Waals surface area contributed by atoms with Crippen molar-refractivity contribution in [2.24, 2.45) is 5.16 Å². The molecule has 0 saturated carbocycles. The summed E-state index contributed by atoms with van der Waals surface area (Å²) in [6.45, 7) is 0. The van der Waals surface area contributed by atoms with Crippen molar-refractivity contribution in [3.63, 3.8) is 0 Å². The number of anilines is 2. The third kappa shape index (κ3) is 7.23. The number of carboxylic acids is 2. The smallest absolute Gasteiger partial charge is 0.352 e. The standard InChI is InChI=1S/C27H24N8O9S3/c28-16-5-6-30-27(32-16)45-7-1-2-12-9-46-23-18(22(39)35(23)19(12)24(40)41)33-21(38)17(13-10-47-26(29)31-13)34-44-20(25(42)43)11-3-4-14(36)15(37)8-11/h1-6,8,10,18,20,23,36-37H,7,9H2,(H2,29,31)(H,33,38)(H,40,41)(H,42,43)(H2,28,30,32)/b2-1+,34-17+/t18-,20-,23-/m1/s1. The molecule has 244 valence electrons. The van der Waals surface area contributed by atoms with Crippen molar-refractivity contribution in [2.45, 2.75) is 22.7 Å². The minimum absolute atomic E-state index is 0.0584. The molecule has 47 heavy (non-hydrogen) atoms. The minimum atomic E-state index is -1.82. The molecule has 2 aliphatic rings. The number of thiazole rings is 1. The number of carbonyl (C=O) groups excluding carboxylic acids is 2. The van der Waals surface area contributed by atoms with Crippen molar-refractivity contribution in [1.82, 2.24) is 25.2 Å². The Kier molecular flexibility index (Phi) is 9.82. The summed E-state index contributed by atoms with van der Waals surface area (Å²) >= 11 is 3.47. The van der Waals surface area contributed by atoms with Crippen LogP contribution in [0, 0.1) is 0 Å². The van der Waals surface area contributed by atoms with Gasteiger partial charge in [0.15, 0.2) is 27.5 Å². The fraction of sp³-hybridized carbons (Fsp3) is 0.185. The number of hydrogen-bond donors (Lipinski definition) is 7. The van der Waals surface area contributed by atoms with Crippen LogP contribution >= 0.6 is 34.9 Å². The Morgan fingerprint density at radius 2 is 1.98 bits per heavy atom. The van der Waals surface area contributed by atoms with E-state index in [1.807, 2.05) is 0 Å². The van der Waals surface area contributed by atoms with E-state index < -0.39 is 58.5 Å². The Labute approximate surface area is 277 Å². The summed E-state index contributed by atoms with van der Waals surface area (Å²) < 4.78 is 0. The summed E-state index contributed by atoms with van der Waals surface area (Å²) in [5.74, 6) is -4.69. The summed E-state index contributed by atoms with van der Waals surface area (Å²) in [6.07, 6.45) is 3.02. The number of hydrogen-bond acceptors (Lipinski definition) is 16. The maximum atomic E-state index is 13.4. The van der Waals surface area contributed by atoms with Gasteiger partial charge >= 0.3 is 11.9 Å². The Bertz CT molecular complexity index is 1850. The number of phenols is 2. The molecule has 0 unspecified atom stereocenters. The van der Waals surface area contributed by atoms with E-state index in [-0.39, 0.29) is 27.8 Å². The summed E-state index contributed by atoms with van der Waals surface area (Å²) in [5, 5.41) is 46.4. The number of rotatable bonds is 12. The van der Waals surface area contributed by atoms with Crippen molar-refractivity contribution >= 4 is 75.3 Å². The van der Waals surface area contributed by atoms with Crippen molar-refractivity contribution < 1.29 is 44.4 Å². The zero-order chi connectivity index (χ0) is 33.8. The molecule has 20 heteroatoms. The van der Waals surface area contributed by atoms with Gasteiger partial charge in [0.25, 0.3) is 11.8 Å². The van der Waals surface area contributed by atoms with E-state index in [1.165, 1.54) is 41.2 Å². The van der Waals surface area contributed by atoms with E-state index in [1.54, 1.807) is 18.2 Å². The van der Waals surface area contributed by atoms with Gasteiger partial charge in [-0.1, -0.05) is 35.1 Å². The first-order valence-electron chi connectivity index (χ1n) is 13.2. The number of phenolic OH excluding ortho intramolecular Hbond substituents is 2. The zero-order valence-corrected chi connectivity index (χ0v) is 26.2. The van der Waals surface area contributed by atoms with Crippen LogP contribution in [0.1, 0.15) is 17.4 Å². The number of oxime groups is 1. The van der Waals surface area contributed by atoms with Gasteiger partial charge in [-0.2, -0.15) is 0 Å². The van der Waals surface area contributed by atoms with E-state index in [2.05, 4.69) is 25.4 Å². The van der Waals surface area contributed by atoms with E-state index >= 15 is 0 Å². The van der Waals surface area contributed by atoms with Gasteiger partial charge in [0.2, 0.25) is 6.10 Å². The molecule has 2 aliphatic heterocycles. The third-order valence-corrected chi connectivity index (χ3v) is 9.32. The molecular formula is C27H24N8O9S3. The molecule has 9 N–H and O–H groups in total. The number of β-lactam (4-membered cyclic amide) rings is 1. The normalized spacial score (nSPS) is 18.4. The Morgan fingerprint density at radius 3 is 2.64 bits per heavy atom. The second-order valence-corrected chi connectivity index (χ2v) is 12.6. The molecule has 2 amide bonds. The first-order valence-corrected chi connectivity index (χ1v) is 16.2. The van der Waals surface area contributed by atoms with Gasteiger partial charge in [-0.3, -0.25) is 14.5 Å². The van der Waals surface area contributed by atoms with Gasteiger partial charge in [-0.25, -0.2) is 24.5 Å². The number of aliphatic carboxylic acids is 2. The van der Waals surface area contributed by atoms with Gasteiger partial charge in [-0.15, -0.1) is 23.1 Å². The molecule has 1 aromatic carbocycles. The van der Waals surface area contributed by atoms with Crippen LogP contribution in [0.3, 0.4) is 0 Å². The number of carbonyl (C=O) groups is 4. The topological polar surface area (TPSA) is 277 Å². The second-order valence-electron chi connectivity index (χ2n) is 9.60. The molecule has 0 radical (unpaired) electrons. The van der Waals surface area contributed by atoms with Crippen LogP contribution in [0.25, 0.3) is 0 Å². The molecule has 3 atom stereocenters. The van der Waals surface area contributed by atoms with Gasteiger partial charge in [0.1, 0.15) is 28.6 Å². The van der Waals surface area contributed by atoms with E-state index in [0.29, 0.717) is 22.3 Å². The van der Waals surface area contributed by atoms with Crippen LogP contribution in [-0.4, -0.2) is 92.7 Å². The predicted molar refractivity (Wildman–Crippen MR) is 170 cm³/mol. The molecule has 5 rings (SSSR count). The highest BCUT2D eigenvalue weighted by Gasteiger charge is 2.54. The number of nitrogens with one attached hydrogen (secondary N) is 1. The van der Waals surface area contributed by atoms with Crippen molar-refractivity contribution in [3.05, 3.63) is 70.5 Å². The lowest BCUT2D eigenvalue weighted by molar-refractivity contribution is -0.151. The molecule has 0 bridgehead atoms. The molecule has 0 spiro atoms. The number of aromatic hydroxyl groups is 2. The number of thioether (sulfide) groups is 2. The Morgan fingerprint density at radius 1 is 1.19 bits per heavy atom. The molecule has 4 heterocycles. The maximum absolute atomic E-state index is 13.4. The van der Waals surface area contributed by atoms with Crippen LogP contribution in [0.2, 0.25) is 0 Å². The maximum Gasteiger partial charge on any atom is 0.352 e. The number of nitrogens with two attached hydrogens (primary N) is 2. The Hall–Kier alpha value is -5.34. The van der Waals surface area contributed by atoms with E-state index in [4.69, 9.17) is 16.3 Å². The summed E-state index contributed by atoms with van der Waals surface area (Å²) in [5.41, 5.74) is 10.8. The van der Waals surface area contributed by atoms with Crippen LogP contribution in [0.15, 0.2) is 69.6 Å². The van der Waals surface area contributed by atoms with E-state index in [0.717, 1.165) is 28.4 Å². The van der Waals surface area contributed by atoms with E-state index in [9.17, 15) is 39.6 Å². The number of nitrogen functional groups attached to an aromatic ring is 2. The van der Waals surface area contributed by atoms with Crippen molar-refractivity contribution in [3.8, 4) is 11.5 Å². The van der Waals surface area contributed by atoms with Gasteiger partial charge in [0.05, 0.1) is 0 Å². The number of allylic oxidation sites excluding steroid dienone is 1. The second kappa shape index (κ2) is 14.0. The monoisotopic (exact) mass is 700 g/mol. The van der Waals surface area contributed by atoms with Gasteiger partial charge < -0.3 is 42.0 Å². The molecule has 0 aliphatic carbocycles. The number of carboxylic acid groups (broad SMARTS) is 2. The first kappa shape index (κ1) is 33.0. The highest BCUT2D eigenvalue weighted by Crippen LogP contribution is 2.41. The predicted octanol–water partition coefficient (Wildman–Crippen LogP) is 1.14. The van der Waals surface area contributed by atoms with Crippen LogP contribution in [0.4, 0.5) is 10.9 Å². The number of aromatic nitrogens is 3. The largest absolute Gasteiger partial charge is 0.504 e. The minimum Gasteiger partial charge on any atom is -0.504 e. The average Bonchev–Trinajstić information content (AvgIpc) is 3.46. The Balaban J connectivity index is 1.32. The van der Waals surface area contributed by atoms with Crippen LogP contribution in [0.5, 0.6) is 11.5 Å². The summed E-state index contributed by atoms with van der Waals surface area (Å²) in [6, 6.07) is 3.58. The molecule has 17 nitrogen and oxygen atoms in total. The summed E-state index contributed by atoms with van der Waals surface area (Å²) in [4.78, 5) is 69.3. The fourth-order valence-electron chi connectivity index (χ4n) is 4.38. The molecule has 2 aromatic heterocycles. The number of benzene rings is 1. The lowest BCUT2D eigenvalue weighted by Crippen LogP contribution is -2.71. The van der Waals surface area contributed by atoms with Crippen LogP contribution in [-0.2, 0) is 24.0 Å². The quantitative estimate of drug-likeness (QED) is 0.0348. The molecule has 1 fully saturated rings. The van der Waals surface area contributed by atoms with Crippen molar-refractivity contribution in [2.75, 3.05) is 23.0 Å². The highest BCUT2D eigenvalue weighted by molar-refractivity contribution is 8.00.